The number of nitriles is 1. The predicted molar refractivity (Wildman–Crippen MR) is 139 cm³/mol. The summed E-state index contributed by atoms with van der Waals surface area (Å²) >= 11 is 1.24. The van der Waals surface area contributed by atoms with Crippen molar-refractivity contribution >= 4 is 44.0 Å². The topological polar surface area (TPSA) is 105 Å². The van der Waals surface area contributed by atoms with Crippen molar-refractivity contribution in [2.45, 2.75) is 6.61 Å². The summed E-state index contributed by atoms with van der Waals surface area (Å²) in [4.78, 5) is 22.1. The molecule has 0 aliphatic heterocycles. The molecule has 5 aromatic rings. The summed E-state index contributed by atoms with van der Waals surface area (Å²) in [6.07, 6.45) is 0. The van der Waals surface area contributed by atoms with Crippen LogP contribution in [-0.4, -0.2) is 34.3 Å². The monoisotopic (exact) mass is 529 g/mol. The number of hydrogen-bond donors (Lipinski definition) is 1. The highest BCUT2D eigenvalue weighted by atomic mass is 32.1. The molecule has 0 saturated heterocycles. The van der Waals surface area contributed by atoms with E-state index < -0.39 is 24.9 Å². The first-order chi connectivity index (χ1) is 18.4. The molecule has 0 atom stereocenters. The van der Waals surface area contributed by atoms with E-state index in [9.17, 15) is 23.9 Å². The zero-order chi connectivity index (χ0) is 26.6. The number of ether oxygens (including phenoxy) is 2. The van der Waals surface area contributed by atoms with Crippen LogP contribution in [0.1, 0.15) is 15.4 Å². The first-order valence-electron chi connectivity index (χ1n) is 11.2. The van der Waals surface area contributed by atoms with Crippen LogP contribution in [0, 0.1) is 11.3 Å². The van der Waals surface area contributed by atoms with E-state index >= 15 is 0 Å². The average molecular weight is 530 g/mol. The molecule has 38 heavy (non-hydrogen) atoms. The maximum absolute atomic E-state index is 13.1. The predicted octanol–water partition coefficient (Wildman–Crippen LogP) is 6.76. The lowest BCUT2D eigenvalue weighted by molar-refractivity contribution is -0.0498. The lowest BCUT2D eigenvalue weighted by Gasteiger charge is -2.11. The number of aliphatic hydroxyl groups excluding tert-OH is 1. The Balaban J connectivity index is 1.43. The molecule has 2 heterocycles. The Hall–Kier alpha value is -4.88. The lowest BCUT2D eigenvalue weighted by atomic mass is 10.0. The fraction of sp³-hybridized carbons (Fsp3) is 0.0714. The zero-order valence-corrected chi connectivity index (χ0v) is 20.3. The summed E-state index contributed by atoms with van der Waals surface area (Å²) in [5.41, 5.74) is 2.28. The molecule has 7 nitrogen and oxygen atoms in total. The van der Waals surface area contributed by atoms with E-state index in [4.69, 9.17) is 4.74 Å². The summed E-state index contributed by atoms with van der Waals surface area (Å²) in [5, 5.41) is 21.1. The van der Waals surface area contributed by atoms with Crippen molar-refractivity contribution in [3.8, 4) is 23.1 Å². The highest BCUT2D eigenvalue weighted by molar-refractivity contribution is 7.19. The minimum absolute atomic E-state index is 0.00661. The quantitative estimate of drug-likeness (QED) is 0.141. The maximum atomic E-state index is 13.1. The molecular formula is C28H17F2N3O4S. The summed E-state index contributed by atoms with van der Waals surface area (Å²) in [6, 6.07) is 23.6. The van der Waals surface area contributed by atoms with Crippen LogP contribution in [0.4, 0.5) is 8.78 Å². The van der Waals surface area contributed by atoms with Crippen molar-refractivity contribution in [1.29, 1.82) is 5.26 Å². The molecule has 5 rings (SSSR count). The summed E-state index contributed by atoms with van der Waals surface area (Å²) < 4.78 is 35.6. The number of aliphatic hydroxyl groups is 1. The Morgan fingerprint density at radius 2 is 1.71 bits per heavy atom. The number of allylic oxidation sites excluding steroid dienone is 1. The van der Waals surface area contributed by atoms with Crippen molar-refractivity contribution in [1.82, 2.24) is 9.97 Å². The van der Waals surface area contributed by atoms with Gasteiger partial charge in [0.05, 0.1) is 27.0 Å². The van der Waals surface area contributed by atoms with E-state index in [2.05, 4.69) is 14.7 Å². The maximum Gasteiger partial charge on any atom is 0.387 e. The molecule has 0 fully saturated rings. The van der Waals surface area contributed by atoms with Gasteiger partial charge in [0.1, 0.15) is 29.0 Å². The second-order valence-electron chi connectivity index (χ2n) is 7.97. The van der Waals surface area contributed by atoms with Crippen molar-refractivity contribution in [3.05, 3.63) is 95.2 Å². The molecule has 0 amide bonds. The molecule has 3 aromatic carbocycles. The van der Waals surface area contributed by atoms with Crippen molar-refractivity contribution in [2.75, 3.05) is 6.61 Å². The number of benzene rings is 3. The van der Waals surface area contributed by atoms with Gasteiger partial charge in [-0.3, -0.25) is 0 Å². The van der Waals surface area contributed by atoms with E-state index in [1.54, 1.807) is 42.5 Å². The summed E-state index contributed by atoms with van der Waals surface area (Å²) in [6.45, 7) is -3.48. The first kappa shape index (κ1) is 24.8. The molecule has 0 aliphatic carbocycles. The van der Waals surface area contributed by atoms with Crippen LogP contribution in [0.5, 0.6) is 5.75 Å². The van der Waals surface area contributed by atoms with Crippen molar-refractivity contribution in [2.24, 2.45) is 0 Å². The highest BCUT2D eigenvalue weighted by Crippen LogP contribution is 2.29. The van der Waals surface area contributed by atoms with E-state index in [1.807, 2.05) is 24.3 Å². The number of hydrogen-bond acceptors (Lipinski definition) is 8. The van der Waals surface area contributed by atoms with Crippen LogP contribution in [-0.2, 0) is 4.74 Å². The fourth-order valence-electron chi connectivity index (χ4n) is 3.80. The molecule has 0 spiro atoms. The summed E-state index contributed by atoms with van der Waals surface area (Å²) in [5.74, 6) is -1.17. The van der Waals surface area contributed by atoms with Crippen LogP contribution in [0.25, 0.3) is 38.0 Å². The van der Waals surface area contributed by atoms with Crippen molar-refractivity contribution < 1.29 is 28.2 Å². The van der Waals surface area contributed by atoms with Gasteiger partial charge in [0.25, 0.3) is 0 Å². The second-order valence-corrected chi connectivity index (χ2v) is 9.00. The van der Waals surface area contributed by atoms with Gasteiger partial charge in [-0.2, -0.15) is 14.0 Å². The van der Waals surface area contributed by atoms with Gasteiger partial charge in [0.15, 0.2) is 5.76 Å². The molecule has 0 aliphatic rings. The van der Waals surface area contributed by atoms with Gasteiger partial charge in [-0.1, -0.05) is 30.3 Å². The minimum atomic E-state index is -2.94. The van der Waals surface area contributed by atoms with Gasteiger partial charge >= 0.3 is 12.6 Å². The smallest absolute Gasteiger partial charge is 0.387 e. The van der Waals surface area contributed by atoms with Crippen LogP contribution < -0.4 is 4.74 Å². The summed E-state index contributed by atoms with van der Waals surface area (Å²) in [7, 11) is 0. The third-order valence-electron chi connectivity index (χ3n) is 5.56. The third-order valence-corrected chi connectivity index (χ3v) is 6.61. The minimum Gasteiger partial charge on any atom is -0.507 e. The van der Waals surface area contributed by atoms with Crippen LogP contribution in [0.3, 0.4) is 0 Å². The van der Waals surface area contributed by atoms with Gasteiger partial charge in [-0.25, -0.2) is 14.8 Å². The fourth-order valence-corrected chi connectivity index (χ4v) is 4.78. The van der Waals surface area contributed by atoms with Gasteiger partial charge in [-0.05, 0) is 48.5 Å². The molecule has 0 radical (unpaired) electrons. The Kier molecular flexibility index (Phi) is 6.93. The van der Waals surface area contributed by atoms with Gasteiger partial charge in [0.2, 0.25) is 0 Å². The number of pyridine rings is 1. The standard InChI is InChI=1S/C28H17F2N3O4S/c29-28(30)37-17-11-9-16(10-12-17)23-13-19(18-5-1-2-6-21(18)32-23)27(35)36-15-24(34)20(14-31)26-33-22-7-3-4-8-25(22)38-26/h1-13,28,34H,15H2/b24-20+. The van der Waals surface area contributed by atoms with Crippen LogP contribution >= 0.6 is 11.3 Å². The molecule has 0 bridgehead atoms. The third kappa shape index (κ3) is 5.14. The molecule has 2 aromatic heterocycles. The Morgan fingerprint density at radius 3 is 2.42 bits per heavy atom. The van der Waals surface area contributed by atoms with Gasteiger partial charge < -0.3 is 14.6 Å². The average Bonchev–Trinajstić information content (AvgIpc) is 3.35. The Morgan fingerprint density at radius 1 is 1.00 bits per heavy atom. The molecular weight excluding hydrogens is 512 g/mol. The van der Waals surface area contributed by atoms with Gasteiger partial charge in [0, 0.05) is 10.9 Å². The second kappa shape index (κ2) is 10.6. The van der Waals surface area contributed by atoms with E-state index in [0.29, 0.717) is 32.7 Å². The zero-order valence-electron chi connectivity index (χ0n) is 19.5. The normalized spacial score (nSPS) is 11.8. The molecule has 0 unspecified atom stereocenters. The van der Waals surface area contributed by atoms with Crippen LogP contribution in [0.2, 0.25) is 0 Å². The molecule has 1 N–H and O–H groups in total. The largest absolute Gasteiger partial charge is 0.507 e. The number of thiazole rings is 1. The lowest BCUT2D eigenvalue weighted by Crippen LogP contribution is -2.10. The number of para-hydroxylation sites is 2. The number of esters is 1. The number of rotatable bonds is 7. The number of nitrogens with zero attached hydrogens (tertiary/aromatic N) is 3. The number of carbonyl (C=O) groups is 1. The van der Waals surface area contributed by atoms with Gasteiger partial charge in [-0.15, -0.1) is 11.3 Å². The number of fused-ring (bicyclic) bond motifs is 2. The van der Waals surface area contributed by atoms with E-state index in [-0.39, 0.29) is 16.9 Å². The molecule has 10 heteroatoms. The number of halogens is 2. The number of aromatic nitrogens is 2. The molecule has 188 valence electrons. The van der Waals surface area contributed by atoms with Crippen LogP contribution in [0.15, 0.2) is 84.6 Å². The number of carbonyl (C=O) groups excluding carboxylic acids is 1. The number of alkyl halides is 2. The first-order valence-corrected chi connectivity index (χ1v) is 12.0. The van der Waals surface area contributed by atoms with Crippen molar-refractivity contribution in [3.63, 3.8) is 0 Å². The highest BCUT2D eigenvalue weighted by Gasteiger charge is 2.19. The SMILES string of the molecule is N#C/C(=C(\O)COC(=O)c1cc(-c2ccc(OC(F)F)cc2)nc2ccccc12)c1nc2ccccc2s1. The Labute approximate surface area is 218 Å². The molecule has 0 saturated carbocycles. The Bertz CT molecular complexity index is 1690. The van der Waals surface area contributed by atoms with E-state index in [0.717, 1.165) is 4.70 Å². The van der Waals surface area contributed by atoms with E-state index in [1.165, 1.54) is 29.5 Å².